The molecular weight excluding hydrogens is 438 g/mol. The Morgan fingerprint density at radius 1 is 0.943 bits per heavy atom. The molecule has 0 radical (unpaired) electrons. The average molecular weight is 468 g/mol. The molecule has 0 spiro atoms. The van der Waals surface area contributed by atoms with Crippen LogP contribution < -0.4 is 15.6 Å². The van der Waals surface area contributed by atoms with Crippen molar-refractivity contribution < 1.29 is 4.79 Å². The molecule has 3 heterocycles. The zero-order chi connectivity index (χ0) is 24.4. The maximum absolute atomic E-state index is 13.3. The average Bonchev–Trinajstić information content (AvgIpc) is 2.89. The smallest absolute Gasteiger partial charge is 0.222 e. The summed E-state index contributed by atoms with van der Waals surface area (Å²) in [6.07, 6.45) is 0.522. The van der Waals surface area contributed by atoms with Crippen LogP contribution in [-0.4, -0.2) is 46.5 Å². The van der Waals surface area contributed by atoms with Crippen molar-refractivity contribution in [2.75, 3.05) is 36.4 Å². The van der Waals surface area contributed by atoms with Crippen LogP contribution in [0.1, 0.15) is 18.9 Å². The van der Waals surface area contributed by atoms with Crippen molar-refractivity contribution in [3.63, 3.8) is 0 Å². The minimum atomic E-state index is -0.0690. The summed E-state index contributed by atoms with van der Waals surface area (Å²) in [5, 5.41) is 4.02. The van der Waals surface area contributed by atoms with Gasteiger partial charge in [-0.2, -0.15) is 0 Å². The van der Waals surface area contributed by atoms with Crippen LogP contribution in [0.3, 0.4) is 0 Å². The van der Waals surface area contributed by atoms with Gasteiger partial charge in [0.2, 0.25) is 5.91 Å². The van der Waals surface area contributed by atoms with Crippen molar-refractivity contribution in [2.45, 2.75) is 20.3 Å². The number of carbonyl (C=O) groups is 1. The SMILES string of the molecule is CCC(=O)N1CCN(c2cc(C)c3c(=O)cc(Nc4ccccc4)n(-c4ccccc4)c3n2)CC1. The number of para-hydroxylation sites is 2. The fraction of sp³-hybridized carbons (Fsp3) is 0.250. The fourth-order valence-corrected chi connectivity index (χ4v) is 4.65. The molecule has 178 valence electrons. The Labute approximate surface area is 204 Å². The van der Waals surface area contributed by atoms with Crippen LogP contribution >= 0.6 is 0 Å². The number of benzene rings is 2. The van der Waals surface area contributed by atoms with E-state index < -0.39 is 0 Å². The number of pyridine rings is 2. The van der Waals surface area contributed by atoms with Crippen LogP contribution in [0.2, 0.25) is 0 Å². The molecule has 1 fully saturated rings. The number of carbonyl (C=O) groups excluding carboxylic acids is 1. The Hall–Kier alpha value is -4.13. The molecule has 2 aromatic heterocycles. The highest BCUT2D eigenvalue weighted by atomic mass is 16.2. The Morgan fingerprint density at radius 3 is 2.26 bits per heavy atom. The third-order valence-corrected chi connectivity index (χ3v) is 6.47. The van der Waals surface area contributed by atoms with Gasteiger partial charge in [-0.3, -0.25) is 14.2 Å². The number of hydrogen-bond acceptors (Lipinski definition) is 5. The summed E-state index contributed by atoms with van der Waals surface area (Å²) in [4.78, 5) is 34.5. The van der Waals surface area contributed by atoms with Gasteiger partial charge < -0.3 is 15.1 Å². The summed E-state index contributed by atoms with van der Waals surface area (Å²) in [6, 6.07) is 23.4. The van der Waals surface area contributed by atoms with E-state index in [0.29, 0.717) is 49.5 Å². The molecule has 1 amide bonds. The summed E-state index contributed by atoms with van der Waals surface area (Å²) in [7, 11) is 0. The number of amides is 1. The van der Waals surface area contributed by atoms with Crippen molar-refractivity contribution in [3.05, 3.63) is 88.6 Å². The third-order valence-electron chi connectivity index (χ3n) is 6.47. The molecule has 1 aliphatic rings. The quantitative estimate of drug-likeness (QED) is 0.468. The first kappa shape index (κ1) is 22.7. The number of aromatic nitrogens is 2. The molecule has 1 aliphatic heterocycles. The van der Waals surface area contributed by atoms with Gasteiger partial charge in [0, 0.05) is 50.0 Å². The maximum atomic E-state index is 13.3. The Kier molecular flexibility index (Phi) is 6.23. The van der Waals surface area contributed by atoms with E-state index in [4.69, 9.17) is 4.98 Å². The number of nitrogens with zero attached hydrogens (tertiary/aromatic N) is 4. The van der Waals surface area contributed by atoms with Gasteiger partial charge in [0.25, 0.3) is 0 Å². The molecule has 0 aliphatic carbocycles. The second-order valence-electron chi connectivity index (χ2n) is 8.77. The summed E-state index contributed by atoms with van der Waals surface area (Å²) < 4.78 is 2.01. The van der Waals surface area contributed by atoms with Crippen LogP contribution in [0.25, 0.3) is 16.7 Å². The van der Waals surface area contributed by atoms with E-state index in [0.717, 1.165) is 22.8 Å². The van der Waals surface area contributed by atoms with E-state index in [-0.39, 0.29) is 11.3 Å². The molecule has 0 bridgehead atoms. The van der Waals surface area contributed by atoms with Gasteiger partial charge in [-0.15, -0.1) is 0 Å². The molecule has 0 atom stereocenters. The highest BCUT2D eigenvalue weighted by Gasteiger charge is 2.23. The lowest BCUT2D eigenvalue weighted by Crippen LogP contribution is -2.48. The van der Waals surface area contributed by atoms with Gasteiger partial charge in [-0.1, -0.05) is 43.3 Å². The molecular formula is C28H29N5O2. The number of aryl methyl sites for hydroxylation is 1. The zero-order valence-electron chi connectivity index (χ0n) is 20.1. The summed E-state index contributed by atoms with van der Waals surface area (Å²) >= 11 is 0. The van der Waals surface area contributed by atoms with Crippen molar-refractivity contribution in [2.24, 2.45) is 0 Å². The summed E-state index contributed by atoms with van der Waals surface area (Å²) in [5.74, 6) is 1.66. The predicted octanol–water partition coefficient (Wildman–Crippen LogP) is 4.50. The molecule has 2 aromatic carbocycles. The van der Waals surface area contributed by atoms with Gasteiger partial charge in [0.1, 0.15) is 11.6 Å². The van der Waals surface area contributed by atoms with Gasteiger partial charge in [-0.05, 0) is 42.8 Å². The van der Waals surface area contributed by atoms with E-state index in [1.165, 1.54) is 0 Å². The predicted molar refractivity (Wildman–Crippen MR) is 141 cm³/mol. The van der Waals surface area contributed by atoms with E-state index in [2.05, 4.69) is 10.2 Å². The standard InChI is InChI=1S/C28H29N5O2/c1-3-26(35)32-16-14-31(15-17-32)24-18-20(2)27-23(34)19-25(29-21-10-6-4-7-11-21)33(28(27)30-24)22-12-8-5-9-13-22/h4-13,18-19,29H,3,14-17H2,1-2H3. The first-order valence-electron chi connectivity index (χ1n) is 12.0. The highest BCUT2D eigenvalue weighted by molar-refractivity contribution is 5.85. The first-order chi connectivity index (χ1) is 17.0. The Bertz CT molecular complexity index is 1410. The lowest BCUT2D eigenvalue weighted by molar-refractivity contribution is -0.131. The van der Waals surface area contributed by atoms with Crippen LogP contribution in [0.15, 0.2) is 77.6 Å². The molecule has 4 aromatic rings. The fourth-order valence-electron chi connectivity index (χ4n) is 4.65. The monoisotopic (exact) mass is 467 g/mol. The van der Waals surface area contributed by atoms with Crippen molar-refractivity contribution in [1.82, 2.24) is 14.5 Å². The van der Waals surface area contributed by atoms with Crippen LogP contribution in [0, 0.1) is 6.92 Å². The van der Waals surface area contributed by atoms with Crippen molar-refractivity contribution in [3.8, 4) is 5.69 Å². The number of anilines is 3. The molecule has 1 saturated heterocycles. The molecule has 5 rings (SSSR count). The lowest BCUT2D eigenvalue weighted by atomic mass is 10.1. The van der Waals surface area contributed by atoms with Crippen LogP contribution in [0.5, 0.6) is 0 Å². The number of piperazine rings is 1. The maximum Gasteiger partial charge on any atom is 0.222 e. The van der Waals surface area contributed by atoms with Crippen LogP contribution in [0.4, 0.5) is 17.3 Å². The van der Waals surface area contributed by atoms with Crippen molar-refractivity contribution >= 4 is 34.3 Å². The zero-order valence-corrected chi connectivity index (χ0v) is 20.1. The highest BCUT2D eigenvalue weighted by Crippen LogP contribution is 2.28. The van der Waals surface area contributed by atoms with Gasteiger partial charge in [0.15, 0.2) is 11.1 Å². The molecule has 1 N–H and O–H groups in total. The number of rotatable bonds is 5. The number of hydrogen-bond donors (Lipinski definition) is 1. The van der Waals surface area contributed by atoms with Crippen molar-refractivity contribution in [1.29, 1.82) is 0 Å². The van der Waals surface area contributed by atoms with E-state index >= 15 is 0 Å². The summed E-state index contributed by atoms with van der Waals surface area (Å²) in [5.41, 5.74) is 3.24. The second kappa shape index (κ2) is 9.62. The topological polar surface area (TPSA) is 70.5 Å². The van der Waals surface area contributed by atoms with E-state index in [1.54, 1.807) is 6.07 Å². The largest absolute Gasteiger partial charge is 0.353 e. The molecule has 0 saturated carbocycles. The Balaban J connectivity index is 1.64. The molecule has 7 nitrogen and oxygen atoms in total. The number of fused-ring (bicyclic) bond motifs is 1. The summed E-state index contributed by atoms with van der Waals surface area (Å²) in [6.45, 7) is 6.62. The molecule has 35 heavy (non-hydrogen) atoms. The van der Waals surface area contributed by atoms with Gasteiger partial charge in [0.05, 0.1) is 5.39 Å². The molecule has 0 unspecified atom stereocenters. The minimum absolute atomic E-state index is 0.0690. The van der Waals surface area contributed by atoms with Gasteiger partial charge >= 0.3 is 0 Å². The third kappa shape index (κ3) is 4.49. The second-order valence-corrected chi connectivity index (χ2v) is 8.77. The van der Waals surface area contributed by atoms with Crippen LogP contribution in [-0.2, 0) is 4.79 Å². The van der Waals surface area contributed by atoms with E-state index in [1.807, 2.05) is 90.0 Å². The minimum Gasteiger partial charge on any atom is -0.353 e. The lowest BCUT2D eigenvalue weighted by Gasteiger charge is -2.35. The Morgan fingerprint density at radius 2 is 1.60 bits per heavy atom. The van der Waals surface area contributed by atoms with Gasteiger partial charge in [-0.25, -0.2) is 4.98 Å². The number of nitrogens with one attached hydrogen (secondary N) is 1. The molecule has 7 heteroatoms. The first-order valence-corrected chi connectivity index (χ1v) is 12.0. The van der Waals surface area contributed by atoms with E-state index in [9.17, 15) is 9.59 Å². The normalized spacial score (nSPS) is 13.8.